The van der Waals surface area contributed by atoms with Crippen molar-refractivity contribution in [3.63, 3.8) is 0 Å². The van der Waals surface area contributed by atoms with Crippen molar-refractivity contribution in [2.24, 2.45) is 11.3 Å². The SMILES string of the molecule is CC(C)(C)CCC(NN)c1cc(Cl)ccc1I. The summed E-state index contributed by atoms with van der Waals surface area (Å²) in [5.41, 5.74) is 4.40. The van der Waals surface area contributed by atoms with Crippen molar-refractivity contribution in [2.45, 2.75) is 39.7 Å². The second-order valence-corrected chi connectivity index (χ2v) is 7.08. The molecule has 0 heterocycles. The third-order valence-corrected chi connectivity index (χ3v) is 3.94. The van der Waals surface area contributed by atoms with Crippen LogP contribution in [0.3, 0.4) is 0 Å². The molecule has 3 N–H and O–H groups in total. The molecule has 1 atom stereocenters. The topological polar surface area (TPSA) is 38.0 Å². The van der Waals surface area contributed by atoms with E-state index in [1.807, 2.05) is 18.2 Å². The second kappa shape index (κ2) is 6.36. The Hall–Kier alpha value is 0.160. The molecule has 0 fully saturated rings. The van der Waals surface area contributed by atoms with Gasteiger partial charge in [0.05, 0.1) is 0 Å². The summed E-state index contributed by atoms with van der Waals surface area (Å²) < 4.78 is 1.20. The van der Waals surface area contributed by atoms with E-state index >= 15 is 0 Å². The lowest BCUT2D eigenvalue weighted by Crippen LogP contribution is -2.29. The van der Waals surface area contributed by atoms with Crippen LogP contribution in [0.4, 0.5) is 0 Å². The summed E-state index contributed by atoms with van der Waals surface area (Å²) in [6.07, 6.45) is 2.13. The molecular weight excluding hydrogens is 347 g/mol. The smallest absolute Gasteiger partial charge is 0.0471 e. The molecule has 2 nitrogen and oxygen atoms in total. The quantitative estimate of drug-likeness (QED) is 0.474. The van der Waals surface area contributed by atoms with E-state index in [2.05, 4.69) is 48.8 Å². The van der Waals surface area contributed by atoms with Gasteiger partial charge in [-0.1, -0.05) is 32.4 Å². The number of rotatable bonds is 4. The number of halogens is 2. The first-order chi connectivity index (χ1) is 7.83. The summed E-state index contributed by atoms with van der Waals surface area (Å²) in [5.74, 6) is 5.66. The lowest BCUT2D eigenvalue weighted by Gasteiger charge is -2.23. The molecular formula is C13H20ClIN2. The third-order valence-electron chi connectivity index (χ3n) is 2.72. The van der Waals surface area contributed by atoms with Crippen LogP contribution in [-0.4, -0.2) is 0 Å². The molecule has 0 radical (unpaired) electrons. The van der Waals surface area contributed by atoms with Gasteiger partial charge in [-0.25, -0.2) is 0 Å². The highest BCUT2D eigenvalue weighted by molar-refractivity contribution is 14.1. The highest BCUT2D eigenvalue weighted by Gasteiger charge is 2.17. The van der Waals surface area contributed by atoms with Crippen molar-refractivity contribution in [1.29, 1.82) is 0 Å². The molecule has 0 saturated heterocycles. The van der Waals surface area contributed by atoms with Gasteiger partial charge in [0.1, 0.15) is 0 Å². The lowest BCUT2D eigenvalue weighted by atomic mass is 9.87. The molecule has 1 rings (SSSR count). The maximum atomic E-state index is 6.04. The molecule has 96 valence electrons. The summed E-state index contributed by atoms with van der Waals surface area (Å²) >= 11 is 8.36. The molecule has 0 aliphatic heterocycles. The standard InChI is InChI=1S/C13H20ClIN2/c1-13(2,3)7-6-12(17-16)10-8-9(14)4-5-11(10)15/h4-5,8,12,17H,6-7,16H2,1-3H3. The molecule has 1 aromatic rings. The summed E-state index contributed by atoms with van der Waals surface area (Å²) in [5, 5.41) is 0.761. The van der Waals surface area contributed by atoms with Gasteiger partial charge >= 0.3 is 0 Å². The zero-order chi connectivity index (χ0) is 13.1. The normalized spacial score (nSPS) is 13.8. The zero-order valence-electron chi connectivity index (χ0n) is 10.6. The number of hydrazine groups is 1. The molecule has 0 bridgehead atoms. The lowest BCUT2D eigenvalue weighted by molar-refractivity contribution is 0.333. The Labute approximate surface area is 122 Å². The Balaban J connectivity index is 2.82. The molecule has 17 heavy (non-hydrogen) atoms. The number of nitrogens with one attached hydrogen (secondary N) is 1. The minimum Gasteiger partial charge on any atom is -0.271 e. The second-order valence-electron chi connectivity index (χ2n) is 5.48. The van der Waals surface area contributed by atoms with Crippen LogP contribution < -0.4 is 11.3 Å². The van der Waals surface area contributed by atoms with Gasteiger partial charge in [-0.2, -0.15) is 0 Å². The van der Waals surface area contributed by atoms with Gasteiger partial charge < -0.3 is 0 Å². The Kier molecular flexibility index (Phi) is 5.70. The third kappa shape index (κ3) is 5.12. The molecule has 0 spiro atoms. The molecule has 0 aliphatic rings. The van der Waals surface area contributed by atoms with Gasteiger partial charge in [0, 0.05) is 14.6 Å². The van der Waals surface area contributed by atoms with Gasteiger partial charge in [0.15, 0.2) is 0 Å². The average Bonchev–Trinajstić information content (AvgIpc) is 2.22. The van der Waals surface area contributed by atoms with Crippen LogP contribution >= 0.6 is 34.2 Å². The average molecular weight is 367 g/mol. The van der Waals surface area contributed by atoms with E-state index in [0.717, 1.165) is 17.9 Å². The zero-order valence-corrected chi connectivity index (χ0v) is 13.5. The fourth-order valence-corrected chi connectivity index (χ4v) is 2.58. The summed E-state index contributed by atoms with van der Waals surface area (Å²) in [4.78, 5) is 0. The molecule has 1 aromatic carbocycles. The molecule has 0 aromatic heterocycles. The van der Waals surface area contributed by atoms with Crippen molar-refractivity contribution in [3.8, 4) is 0 Å². The minimum atomic E-state index is 0.167. The van der Waals surface area contributed by atoms with E-state index < -0.39 is 0 Å². The first-order valence-electron chi connectivity index (χ1n) is 5.74. The molecule has 0 saturated carbocycles. The van der Waals surface area contributed by atoms with Crippen LogP contribution in [0.1, 0.15) is 45.2 Å². The van der Waals surface area contributed by atoms with Crippen molar-refractivity contribution >= 4 is 34.2 Å². The van der Waals surface area contributed by atoms with Crippen LogP contribution in [0, 0.1) is 8.99 Å². The fraction of sp³-hybridized carbons (Fsp3) is 0.538. The minimum absolute atomic E-state index is 0.167. The maximum absolute atomic E-state index is 6.04. The van der Waals surface area contributed by atoms with E-state index in [0.29, 0.717) is 5.41 Å². The first kappa shape index (κ1) is 15.2. The fourth-order valence-electron chi connectivity index (χ4n) is 1.69. The van der Waals surface area contributed by atoms with Crippen LogP contribution in [-0.2, 0) is 0 Å². The van der Waals surface area contributed by atoms with Gasteiger partial charge in [0.25, 0.3) is 0 Å². The molecule has 0 aliphatic carbocycles. The van der Waals surface area contributed by atoms with Crippen molar-refractivity contribution in [3.05, 3.63) is 32.4 Å². The molecule has 4 heteroatoms. The van der Waals surface area contributed by atoms with Gasteiger partial charge in [-0.3, -0.25) is 11.3 Å². The van der Waals surface area contributed by atoms with Crippen LogP contribution in [0.15, 0.2) is 18.2 Å². The molecule has 0 amide bonds. The highest BCUT2D eigenvalue weighted by Crippen LogP contribution is 2.30. The number of hydrogen-bond acceptors (Lipinski definition) is 2. The predicted molar refractivity (Wildman–Crippen MR) is 82.9 cm³/mol. The Bertz CT molecular complexity index is 374. The highest BCUT2D eigenvalue weighted by atomic mass is 127. The number of nitrogens with two attached hydrogens (primary N) is 1. The molecule has 1 unspecified atom stereocenters. The Morgan fingerprint density at radius 1 is 1.41 bits per heavy atom. The summed E-state index contributed by atoms with van der Waals surface area (Å²) in [6.45, 7) is 6.72. The van der Waals surface area contributed by atoms with E-state index in [9.17, 15) is 0 Å². The monoisotopic (exact) mass is 366 g/mol. The Morgan fingerprint density at radius 2 is 2.06 bits per heavy atom. The largest absolute Gasteiger partial charge is 0.271 e. The summed E-state index contributed by atoms with van der Waals surface area (Å²) in [6, 6.07) is 6.10. The maximum Gasteiger partial charge on any atom is 0.0471 e. The van der Waals surface area contributed by atoms with Crippen LogP contribution in [0.2, 0.25) is 5.02 Å². The van der Waals surface area contributed by atoms with E-state index in [4.69, 9.17) is 17.4 Å². The number of hydrogen-bond donors (Lipinski definition) is 2. The van der Waals surface area contributed by atoms with Crippen LogP contribution in [0.5, 0.6) is 0 Å². The predicted octanol–water partition coefficient (Wildman–Crippen LogP) is 4.28. The van der Waals surface area contributed by atoms with Crippen molar-refractivity contribution < 1.29 is 0 Å². The van der Waals surface area contributed by atoms with E-state index in [1.165, 1.54) is 9.13 Å². The van der Waals surface area contributed by atoms with Crippen molar-refractivity contribution in [2.75, 3.05) is 0 Å². The number of benzene rings is 1. The van der Waals surface area contributed by atoms with E-state index in [1.54, 1.807) is 0 Å². The van der Waals surface area contributed by atoms with Crippen LogP contribution in [0.25, 0.3) is 0 Å². The van der Waals surface area contributed by atoms with E-state index in [-0.39, 0.29) is 6.04 Å². The van der Waals surface area contributed by atoms with Gasteiger partial charge in [0.2, 0.25) is 0 Å². The van der Waals surface area contributed by atoms with Gasteiger partial charge in [-0.05, 0) is 64.6 Å². The summed E-state index contributed by atoms with van der Waals surface area (Å²) in [7, 11) is 0. The van der Waals surface area contributed by atoms with Crippen molar-refractivity contribution in [1.82, 2.24) is 5.43 Å². The van der Waals surface area contributed by atoms with Gasteiger partial charge in [-0.15, -0.1) is 0 Å². The first-order valence-corrected chi connectivity index (χ1v) is 7.20. The Morgan fingerprint density at radius 3 is 2.59 bits per heavy atom.